The minimum atomic E-state index is -0.336. The number of hydrazine groups is 1. The second-order valence-electron chi connectivity index (χ2n) is 4.94. The first-order valence-corrected chi connectivity index (χ1v) is 6.70. The number of carbonyl (C=O) groups excluding carboxylic acids is 1. The largest absolute Gasteiger partial charge is 0.339 e. The Morgan fingerprint density at radius 1 is 1.29 bits per heavy atom. The van der Waals surface area contributed by atoms with Crippen LogP contribution in [0, 0.1) is 6.92 Å². The van der Waals surface area contributed by atoms with Crippen molar-refractivity contribution in [1.82, 2.24) is 15.0 Å². The lowest BCUT2D eigenvalue weighted by atomic mass is 10.2. The average Bonchev–Trinajstić information content (AvgIpc) is 2.83. The highest BCUT2D eigenvalue weighted by Gasteiger charge is 2.08. The average molecular weight is 280 g/mol. The molecule has 5 heteroatoms. The number of benzene rings is 1. The van der Waals surface area contributed by atoms with Gasteiger partial charge in [-0.2, -0.15) is 0 Å². The Morgan fingerprint density at radius 2 is 2.10 bits per heavy atom. The Labute approximate surface area is 122 Å². The van der Waals surface area contributed by atoms with Crippen molar-refractivity contribution < 1.29 is 4.79 Å². The van der Waals surface area contributed by atoms with E-state index in [1.165, 1.54) is 16.6 Å². The normalized spacial score (nSPS) is 10.8. The molecule has 21 heavy (non-hydrogen) atoms. The molecule has 3 N–H and O–H groups in total. The van der Waals surface area contributed by atoms with E-state index in [1.807, 2.05) is 18.2 Å². The SMILES string of the molecule is Cc1cc2ccccc2n1Cc1ccc(C(=O)NN)cn1. The number of hydrogen-bond acceptors (Lipinski definition) is 3. The molecule has 0 unspecified atom stereocenters. The summed E-state index contributed by atoms with van der Waals surface area (Å²) in [6, 6.07) is 14.0. The topological polar surface area (TPSA) is 72.9 Å². The number of hydrogen-bond donors (Lipinski definition) is 2. The third-order valence-electron chi connectivity index (χ3n) is 3.56. The fourth-order valence-electron chi connectivity index (χ4n) is 2.46. The second kappa shape index (κ2) is 5.38. The minimum Gasteiger partial charge on any atom is -0.339 e. The van der Waals surface area contributed by atoms with Crippen LogP contribution in [-0.4, -0.2) is 15.5 Å². The highest BCUT2D eigenvalue weighted by molar-refractivity contribution is 5.93. The van der Waals surface area contributed by atoms with E-state index in [4.69, 9.17) is 5.84 Å². The number of nitrogen functional groups attached to an aromatic ring is 1. The predicted octanol–water partition coefficient (Wildman–Crippen LogP) is 2.00. The highest BCUT2D eigenvalue weighted by Crippen LogP contribution is 2.20. The first-order valence-electron chi connectivity index (χ1n) is 6.70. The van der Waals surface area contributed by atoms with Crippen LogP contribution in [0.2, 0.25) is 0 Å². The summed E-state index contributed by atoms with van der Waals surface area (Å²) in [4.78, 5) is 15.7. The molecule has 0 saturated heterocycles. The van der Waals surface area contributed by atoms with Crippen LogP contribution in [0.1, 0.15) is 21.7 Å². The molecular formula is C16H16N4O. The van der Waals surface area contributed by atoms with Gasteiger partial charge < -0.3 is 4.57 Å². The van der Waals surface area contributed by atoms with Gasteiger partial charge in [-0.15, -0.1) is 0 Å². The van der Waals surface area contributed by atoms with Crippen LogP contribution >= 0.6 is 0 Å². The number of carbonyl (C=O) groups is 1. The molecule has 3 rings (SSSR count). The lowest BCUT2D eigenvalue weighted by Gasteiger charge is -2.08. The number of pyridine rings is 1. The zero-order valence-corrected chi connectivity index (χ0v) is 11.7. The number of amides is 1. The number of para-hydroxylation sites is 1. The Balaban J connectivity index is 1.92. The van der Waals surface area contributed by atoms with E-state index >= 15 is 0 Å². The van der Waals surface area contributed by atoms with Gasteiger partial charge in [0.25, 0.3) is 5.91 Å². The molecule has 0 atom stereocenters. The van der Waals surface area contributed by atoms with Crippen molar-refractivity contribution in [1.29, 1.82) is 0 Å². The van der Waals surface area contributed by atoms with Gasteiger partial charge in [-0.3, -0.25) is 15.2 Å². The van der Waals surface area contributed by atoms with E-state index in [0.29, 0.717) is 12.1 Å². The Morgan fingerprint density at radius 3 is 2.81 bits per heavy atom. The summed E-state index contributed by atoms with van der Waals surface area (Å²) >= 11 is 0. The summed E-state index contributed by atoms with van der Waals surface area (Å²) < 4.78 is 2.21. The van der Waals surface area contributed by atoms with Crippen molar-refractivity contribution in [3.05, 3.63) is 65.6 Å². The number of aromatic nitrogens is 2. The second-order valence-corrected chi connectivity index (χ2v) is 4.94. The van der Waals surface area contributed by atoms with E-state index in [2.05, 4.69) is 40.1 Å². The molecule has 0 aliphatic heterocycles. The summed E-state index contributed by atoms with van der Waals surface area (Å²) in [7, 11) is 0. The molecule has 3 aromatic rings. The molecule has 0 saturated carbocycles. The summed E-state index contributed by atoms with van der Waals surface area (Å²) in [6.45, 7) is 2.75. The lowest BCUT2D eigenvalue weighted by molar-refractivity contribution is 0.0953. The van der Waals surface area contributed by atoms with Gasteiger partial charge in [-0.05, 0) is 36.6 Å². The number of rotatable bonds is 3. The van der Waals surface area contributed by atoms with Crippen LogP contribution in [0.5, 0.6) is 0 Å². The van der Waals surface area contributed by atoms with Crippen LogP contribution in [0.4, 0.5) is 0 Å². The third-order valence-corrected chi connectivity index (χ3v) is 3.56. The van der Waals surface area contributed by atoms with E-state index in [9.17, 15) is 4.79 Å². The van der Waals surface area contributed by atoms with E-state index in [0.717, 1.165) is 5.69 Å². The molecule has 0 spiro atoms. The van der Waals surface area contributed by atoms with Gasteiger partial charge >= 0.3 is 0 Å². The van der Waals surface area contributed by atoms with Gasteiger partial charge in [-0.1, -0.05) is 18.2 Å². The zero-order chi connectivity index (χ0) is 14.8. The van der Waals surface area contributed by atoms with Gasteiger partial charge in [0.15, 0.2) is 0 Å². The van der Waals surface area contributed by atoms with Crippen molar-refractivity contribution in [3.8, 4) is 0 Å². The van der Waals surface area contributed by atoms with E-state index < -0.39 is 0 Å². The molecule has 106 valence electrons. The molecule has 0 aliphatic rings. The molecule has 0 radical (unpaired) electrons. The summed E-state index contributed by atoms with van der Waals surface area (Å²) in [6.07, 6.45) is 1.54. The van der Waals surface area contributed by atoms with Crippen molar-refractivity contribution >= 4 is 16.8 Å². The van der Waals surface area contributed by atoms with Gasteiger partial charge in [0.2, 0.25) is 0 Å². The molecule has 2 heterocycles. The molecule has 1 aromatic carbocycles. The maximum absolute atomic E-state index is 11.4. The van der Waals surface area contributed by atoms with Crippen LogP contribution in [-0.2, 0) is 6.54 Å². The fourth-order valence-corrected chi connectivity index (χ4v) is 2.46. The minimum absolute atomic E-state index is 0.336. The van der Waals surface area contributed by atoms with Crippen molar-refractivity contribution in [3.63, 3.8) is 0 Å². The van der Waals surface area contributed by atoms with Crippen LogP contribution < -0.4 is 11.3 Å². The number of aryl methyl sites for hydroxylation is 1. The van der Waals surface area contributed by atoms with Gasteiger partial charge in [-0.25, -0.2) is 5.84 Å². The summed E-state index contributed by atoms with van der Waals surface area (Å²) in [5.41, 5.74) is 5.81. The maximum atomic E-state index is 11.4. The molecule has 0 bridgehead atoms. The Bertz CT molecular complexity index is 790. The molecule has 5 nitrogen and oxygen atoms in total. The van der Waals surface area contributed by atoms with Gasteiger partial charge in [0.05, 0.1) is 17.8 Å². The standard InChI is InChI=1S/C16H16N4O/c1-11-8-12-4-2-3-5-15(12)20(11)10-14-7-6-13(9-18-14)16(21)19-17/h2-9H,10,17H2,1H3,(H,19,21). The first-order chi connectivity index (χ1) is 10.2. The van der Waals surface area contributed by atoms with Gasteiger partial charge in [0, 0.05) is 17.4 Å². The monoisotopic (exact) mass is 280 g/mol. The predicted molar refractivity (Wildman–Crippen MR) is 81.7 cm³/mol. The molecule has 2 aromatic heterocycles. The van der Waals surface area contributed by atoms with Crippen LogP contribution in [0.25, 0.3) is 10.9 Å². The lowest BCUT2D eigenvalue weighted by Crippen LogP contribution is -2.30. The Hall–Kier alpha value is -2.66. The van der Waals surface area contributed by atoms with Crippen molar-refractivity contribution in [2.45, 2.75) is 13.5 Å². The smallest absolute Gasteiger partial charge is 0.266 e. The quantitative estimate of drug-likeness (QED) is 0.438. The van der Waals surface area contributed by atoms with Crippen LogP contribution in [0.3, 0.4) is 0 Å². The molecule has 0 aliphatic carbocycles. The molecular weight excluding hydrogens is 264 g/mol. The highest BCUT2D eigenvalue weighted by atomic mass is 16.2. The van der Waals surface area contributed by atoms with E-state index in [-0.39, 0.29) is 5.91 Å². The van der Waals surface area contributed by atoms with Crippen molar-refractivity contribution in [2.24, 2.45) is 5.84 Å². The number of fused-ring (bicyclic) bond motifs is 1. The number of nitrogens with zero attached hydrogens (tertiary/aromatic N) is 2. The molecule has 0 fully saturated rings. The fraction of sp³-hybridized carbons (Fsp3) is 0.125. The Kier molecular flexibility index (Phi) is 3.41. The zero-order valence-electron chi connectivity index (χ0n) is 11.7. The van der Waals surface area contributed by atoms with Crippen LogP contribution in [0.15, 0.2) is 48.7 Å². The number of nitrogens with one attached hydrogen (secondary N) is 1. The molecule has 1 amide bonds. The number of nitrogens with two attached hydrogens (primary N) is 1. The summed E-state index contributed by atoms with van der Waals surface area (Å²) in [5.74, 6) is 4.77. The van der Waals surface area contributed by atoms with E-state index in [1.54, 1.807) is 12.3 Å². The first kappa shape index (κ1) is 13.3. The van der Waals surface area contributed by atoms with Gasteiger partial charge in [0.1, 0.15) is 0 Å². The maximum Gasteiger partial charge on any atom is 0.266 e. The van der Waals surface area contributed by atoms with Crippen molar-refractivity contribution in [2.75, 3.05) is 0 Å². The summed E-state index contributed by atoms with van der Waals surface area (Å²) in [5, 5.41) is 1.22. The third kappa shape index (κ3) is 2.51.